The van der Waals surface area contributed by atoms with Gasteiger partial charge in [0.25, 0.3) is 0 Å². The third-order valence-electron chi connectivity index (χ3n) is 9.05. The first-order chi connectivity index (χ1) is 25.5. The number of ketones is 2. The van der Waals surface area contributed by atoms with E-state index in [0.29, 0.717) is 66.5 Å². The highest BCUT2D eigenvalue weighted by molar-refractivity contribution is 7.89. The molecule has 6 rings (SSSR count). The van der Waals surface area contributed by atoms with Crippen molar-refractivity contribution >= 4 is 45.1 Å². The number of nitrogens with one attached hydrogen (secondary N) is 3. The first kappa shape index (κ1) is 38.8. The van der Waals surface area contributed by atoms with Gasteiger partial charge in [0.2, 0.25) is 33.5 Å². The van der Waals surface area contributed by atoms with Gasteiger partial charge in [-0.1, -0.05) is 24.3 Å². The van der Waals surface area contributed by atoms with E-state index in [1.165, 1.54) is 30.9 Å². The van der Waals surface area contributed by atoms with Crippen LogP contribution in [0, 0.1) is 0 Å². The van der Waals surface area contributed by atoms with E-state index >= 15 is 0 Å². The minimum absolute atomic E-state index is 0.0356. The Morgan fingerprint density at radius 1 is 0.755 bits per heavy atom. The normalized spacial score (nSPS) is 15.5. The molecule has 2 fully saturated rings. The van der Waals surface area contributed by atoms with Crippen LogP contribution in [0.5, 0.6) is 11.5 Å². The van der Waals surface area contributed by atoms with Crippen LogP contribution in [0.25, 0.3) is 0 Å². The van der Waals surface area contributed by atoms with E-state index in [0.717, 1.165) is 25.9 Å². The number of methoxy groups -OCH3 is 2. The molecule has 0 saturated carbocycles. The molecular formula is C36H46N10O6S. The first-order valence-electron chi connectivity index (χ1n) is 17.4. The maximum atomic E-state index is 12.8. The predicted molar refractivity (Wildman–Crippen MR) is 203 cm³/mol. The molecule has 2 aliphatic heterocycles. The fourth-order valence-corrected chi connectivity index (χ4v) is 7.16. The van der Waals surface area contributed by atoms with Gasteiger partial charge in [0.1, 0.15) is 23.1 Å². The van der Waals surface area contributed by atoms with E-state index in [4.69, 9.17) is 20.9 Å². The summed E-state index contributed by atoms with van der Waals surface area (Å²) in [7, 11) is -0.143. The smallest absolute Gasteiger partial charge is 0.224 e. The lowest BCUT2D eigenvalue weighted by Gasteiger charge is -2.31. The van der Waals surface area contributed by atoms with Gasteiger partial charge in [0.05, 0.1) is 42.2 Å². The minimum atomic E-state index is -3.16. The summed E-state index contributed by atoms with van der Waals surface area (Å²) >= 11 is 0. The summed E-state index contributed by atoms with van der Waals surface area (Å²) < 4.78 is 35.9. The lowest BCUT2D eigenvalue weighted by atomic mass is 10.0. The number of para-hydroxylation sites is 2. The second-order valence-electron chi connectivity index (χ2n) is 12.4. The zero-order chi connectivity index (χ0) is 38.0. The molecule has 2 aromatic carbocycles. The molecule has 4 heterocycles. The largest absolute Gasteiger partial charge is 0.496 e. The van der Waals surface area contributed by atoms with E-state index in [2.05, 4.69) is 35.9 Å². The number of aromatic nitrogens is 4. The molecule has 2 aromatic heterocycles. The number of carbonyl (C=O) groups excluding carboxylic acids is 2. The van der Waals surface area contributed by atoms with Gasteiger partial charge in [-0.3, -0.25) is 9.59 Å². The predicted octanol–water partition coefficient (Wildman–Crippen LogP) is 2.99. The maximum Gasteiger partial charge on any atom is 0.224 e. The minimum Gasteiger partial charge on any atom is -0.496 e. The van der Waals surface area contributed by atoms with Gasteiger partial charge in [-0.05, 0) is 70.0 Å². The topological polar surface area (TPSA) is 230 Å². The number of nitrogen functional groups attached to an aromatic ring is 2. The molecule has 16 nitrogen and oxygen atoms in total. The molecule has 0 amide bonds. The van der Waals surface area contributed by atoms with Crippen molar-refractivity contribution in [2.24, 2.45) is 0 Å². The lowest BCUT2D eigenvalue weighted by molar-refractivity contribution is 0.102. The molecule has 0 aliphatic carbocycles. The number of anilines is 4. The summed E-state index contributed by atoms with van der Waals surface area (Å²) in [4.78, 5) is 42.4. The highest BCUT2D eigenvalue weighted by Crippen LogP contribution is 2.25. The molecule has 0 radical (unpaired) electrons. The van der Waals surface area contributed by atoms with Crippen molar-refractivity contribution in [3.8, 4) is 11.5 Å². The monoisotopic (exact) mass is 746 g/mol. The fourth-order valence-electron chi connectivity index (χ4n) is 6.03. The Kier molecular flexibility index (Phi) is 13.1. The lowest BCUT2D eigenvalue weighted by Crippen LogP contribution is -2.43. The van der Waals surface area contributed by atoms with Crippen LogP contribution in [0.1, 0.15) is 64.4 Å². The molecule has 282 valence electrons. The quantitative estimate of drug-likeness (QED) is 0.131. The van der Waals surface area contributed by atoms with Crippen LogP contribution in [0.3, 0.4) is 0 Å². The molecule has 2 aliphatic rings. The molecule has 2 saturated heterocycles. The first-order valence-corrected chi connectivity index (χ1v) is 19.0. The van der Waals surface area contributed by atoms with Crippen LogP contribution >= 0.6 is 0 Å². The Labute approximate surface area is 309 Å². The molecule has 0 spiro atoms. The molecular weight excluding hydrogens is 701 g/mol. The van der Waals surface area contributed by atoms with Crippen LogP contribution in [-0.4, -0.2) is 102 Å². The van der Waals surface area contributed by atoms with E-state index in [1.54, 1.807) is 49.4 Å². The van der Waals surface area contributed by atoms with Crippen molar-refractivity contribution in [1.82, 2.24) is 29.6 Å². The molecule has 0 unspecified atom stereocenters. The Morgan fingerprint density at radius 2 is 1.19 bits per heavy atom. The summed E-state index contributed by atoms with van der Waals surface area (Å²) in [6.07, 6.45) is 6.17. The van der Waals surface area contributed by atoms with Crippen molar-refractivity contribution in [3.63, 3.8) is 0 Å². The number of piperidine rings is 2. The van der Waals surface area contributed by atoms with Crippen LogP contribution in [0.4, 0.5) is 23.5 Å². The number of hydrogen-bond donors (Lipinski definition) is 5. The molecule has 53 heavy (non-hydrogen) atoms. The van der Waals surface area contributed by atoms with Gasteiger partial charge < -0.3 is 36.9 Å². The Balaban J connectivity index is 0.000000208. The SMILES string of the molecule is CCS(=O)(=O)N1CCC(Nc2ncc(C(=O)c3ccccc3OC)c(N)n2)CC1.COc1ccccc1C(=O)c1cnc(NC2CCNCC2)nc1N. The summed E-state index contributed by atoms with van der Waals surface area (Å²) in [5, 5.41) is 9.76. The van der Waals surface area contributed by atoms with Crippen LogP contribution < -0.4 is 36.9 Å². The third kappa shape index (κ3) is 9.74. The average molecular weight is 747 g/mol. The van der Waals surface area contributed by atoms with Gasteiger partial charge in [-0.15, -0.1) is 0 Å². The van der Waals surface area contributed by atoms with E-state index in [-0.39, 0.29) is 46.1 Å². The second kappa shape index (κ2) is 17.9. The van der Waals surface area contributed by atoms with Gasteiger partial charge >= 0.3 is 0 Å². The number of benzene rings is 2. The highest BCUT2D eigenvalue weighted by Gasteiger charge is 2.27. The van der Waals surface area contributed by atoms with E-state index in [1.807, 2.05) is 6.07 Å². The number of sulfonamides is 1. The van der Waals surface area contributed by atoms with Crippen molar-refractivity contribution < 1.29 is 27.5 Å². The van der Waals surface area contributed by atoms with Crippen molar-refractivity contribution in [2.45, 2.75) is 44.7 Å². The average Bonchev–Trinajstić information content (AvgIpc) is 3.18. The van der Waals surface area contributed by atoms with Gasteiger partial charge in [-0.25, -0.2) is 22.7 Å². The molecule has 7 N–H and O–H groups in total. The summed E-state index contributed by atoms with van der Waals surface area (Å²) in [5.41, 5.74) is 13.3. The Morgan fingerprint density at radius 3 is 1.60 bits per heavy atom. The number of nitrogens with two attached hydrogens (primary N) is 2. The van der Waals surface area contributed by atoms with E-state index < -0.39 is 10.0 Å². The summed E-state index contributed by atoms with van der Waals surface area (Å²) in [6.45, 7) is 4.49. The number of nitrogens with zero attached hydrogens (tertiary/aromatic N) is 5. The fraction of sp³-hybridized carbons (Fsp3) is 0.389. The van der Waals surface area contributed by atoms with Gasteiger partial charge in [-0.2, -0.15) is 9.97 Å². The maximum absolute atomic E-state index is 12.8. The van der Waals surface area contributed by atoms with Crippen LogP contribution in [-0.2, 0) is 10.0 Å². The number of hydrogen-bond acceptors (Lipinski definition) is 15. The molecule has 0 atom stereocenters. The van der Waals surface area contributed by atoms with Crippen LogP contribution in [0.2, 0.25) is 0 Å². The van der Waals surface area contributed by atoms with Crippen LogP contribution in [0.15, 0.2) is 60.9 Å². The number of ether oxygens (including phenoxy) is 2. The number of rotatable bonds is 12. The second-order valence-corrected chi connectivity index (χ2v) is 14.7. The van der Waals surface area contributed by atoms with Crippen molar-refractivity contribution in [2.75, 3.05) is 68.3 Å². The Hall–Kier alpha value is -5.39. The molecule has 4 aromatic rings. The highest BCUT2D eigenvalue weighted by atomic mass is 32.2. The van der Waals surface area contributed by atoms with E-state index in [9.17, 15) is 18.0 Å². The third-order valence-corrected chi connectivity index (χ3v) is 10.9. The zero-order valence-corrected chi connectivity index (χ0v) is 30.9. The zero-order valence-electron chi connectivity index (χ0n) is 30.0. The Bertz CT molecular complexity index is 2000. The molecule has 17 heteroatoms. The summed E-state index contributed by atoms with van der Waals surface area (Å²) in [5.74, 6) is 1.50. The molecule has 0 bridgehead atoms. The summed E-state index contributed by atoms with van der Waals surface area (Å²) in [6, 6.07) is 14.2. The number of carbonyl (C=O) groups is 2. The van der Waals surface area contributed by atoms with Gasteiger partial charge in [0.15, 0.2) is 0 Å². The van der Waals surface area contributed by atoms with Crippen molar-refractivity contribution in [1.29, 1.82) is 0 Å². The van der Waals surface area contributed by atoms with Gasteiger partial charge in [0, 0.05) is 37.6 Å². The van der Waals surface area contributed by atoms with Crippen molar-refractivity contribution in [3.05, 3.63) is 83.2 Å². The standard InChI is InChI=1S/C19H25N5O4S.C17H21N5O2/c1-3-29(26,27)24-10-8-13(9-11-24)22-19-21-12-15(18(20)23-19)17(25)14-6-4-5-7-16(14)28-2;1-24-14-5-3-2-4-12(14)15(23)13-10-20-17(22-16(13)18)21-11-6-8-19-9-7-11/h4-7,12-13H,3,8-11H2,1-2H3,(H3,20,21,22,23);2-5,10-11,19H,6-9H2,1H3,(H3,18,20,21,22).